The van der Waals surface area contributed by atoms with E-state index in [1.165, 1.54) is 18.4 Å². The van der Waals surface area contributed by atoms with Crippen LogP contribution in [0.3, 0.4) is 0 Å². The van der Waals surface area contributed by atoms with Crippen molar-refractivity contribution in [2.75, 3.05) is 20.1 Å². The Bertz CT molecular complexity index is 666. The Balaban J connectivity index is 2.08. The third-order valence-corrected chi connectivity index (χ3v) is 5.14. The molecule has 0 saturated carbocycles. The van der Waals surface area contributed by atoms with Crippen molar-refractivity contribution in [1.82, 2.24) is 10.3 Å². The molecule has 1 aliphatic heterocycles. The largest absolute Gasteiger partial charge is 0.343 e. The standard InChI is InChI=1S/C20H25N3O/c1-16(24)22-19(17-8-4-3-5-9-17)20(18-10-12-21-13-11-18)23(2)14-6-7-15-23/h3-5,8-13,19-20H,6-7,14-15H2,1-2H3/p+1/t19-,20?/m0/s1. The summed E-state index contributed by atoms with van der Waals surface area (Å²) in [6, 6.07) is 14.6. The molecule has 4 heteroatoms. The molecule has 24 heavy (non-hydrogen) atoms. The first kappa shape index (κ1) is 16.7. The highest BCUT2D eigenvalue weighted by Gasteiger charge is 2.43. The fraction of sp³-hybridized carbons (Fsp3) is 0.400. The van der Waals surface area contributed by atoms with Crippen LogP contribution < -0.4 is 5.32 Å². The summed E-state index contributed by atoms with van der Waals surface area (Å²) in [6.07, 6.45) is 6.17. The lowest BCUT2D eigenvalue weighted by Gasteiger charge is -2.42. The number of quaternary nitrogens is 1. The van der Waals surface area contributed by atoms with Gasteiger partial charge in [0.2, 0.25) is 5.91 Å². The van der Waals surface area contributed by atoms with Crippen molar-refractivity contribution >= 4 is 5.91 Å². The summed E-state index contributed by atoms with van der Waals surface area (Å²) in [7, 11) is 2.32. The van der Waals surface area contributed by atoms with E-state index in [4.69, 9.17) is 0 Å². The van der Waals surface area contributed by atoms with Gasteiger partial charge in [0.1, 0.15) is 12.1 Å². The summed E-state index contributed by atoms with van der Waals surface area (Å²) in [5.41, 5.74) is 2.39. The highest BCUT2D eigenvalue weighted by Crippen LogP contribution is 2.40. The number of hydrogen-bond acceptors (Lipinski definition) is 2. The fourth-order valence-corrected chi connectivity index (χ4v) is 4.03. The van der Waals surface area contributed by atoms with Crippen molar-refractivity contribution < 1.29 is 9.28 Å². The van der Waals surface area contributed by atoms with Gasteiger partial charge >= 0.3 is 0 Å². The van der Waals surface area contributed by atoms with Crippen LogP contribution in [0.15, 0.2) is 54.9 Å². The van der Waals surface area contributed by atoms with E-state index in [2.05, 4.69) is 41.6 Å². The molecule has 2 aromatic rings. The summed E-state index contributed by atoms with van der Waals surface area (Å²) in [4.78, 5) is 16.1. The molecule has 1 unspecified atom stereocenters. The second-order valence-corrected chi connectivity index (χ2v) is 6.95. The van der Waals surface area contributed by atoms with Crippen LogP contribution in [0.25, 0.3) is 0 Å². The molecule has 1 fully saturated rings. The molecular formula is C20H26N3O+. The van der Waals surface area contributed by atoms with Gasteiger partial charge in [0, 0.05) is 37.7 Å². The minimum atomic E-state index is -0.0470. The molecule has 1 aromatic heterocycles. The first-order chi connectivity index (χ1) is 11.6. The van der Waals surface area contributed by atoms with E-state index in [0.717, 1.165) is 23.1 Å². The maximum atomic E-state index is 12.0. The van der Waals surface area contributed by atoms with Crippen molar-refractivity contribution in [3.63, 3.8) is 0 Å². The van der Waals surface area contributed by atoms with E-state index in [9.17, 15) is 4.79 Å². The molecule has 0 spiro atoms. The Morgan fingerprint density at radius 2 is 1.67 bits per heavy atom. The molecular weight excluding hydrogens is 298 g/mol. The number of amides is 1. The van der Waals surface area contributed by atoms with Gasteiger partial charge in [-0.1, -0.05) is 30.3 Å². The van der Waals surface area contributed by atoms with Crippen LogP contribution in [0.1, 0.15) is 43.0 Å². The predicted molar refractivity (Wildman–Crippen MR) is 95.1 cm³/mol. The van der Waals surface area contributed by atoms with Crippen LogP contribution >= 0.6 is 0 Å². The summed E-state index contributed by atoms with van der Waals surface area (Å²) in [6.45, 7) is 3.87. The molecule has 126 valence electrons. The Hall–Kier alpha value is -2.20. The molecule has 1 amide bonds. The van der Waals surface area contributed by atoms with Crippen LogP contribution in [0, 0.1) is 0 Å². The van der Waals surface area contributed by atoms with Gasteiger partial charge < -0.3 is 9.80 Å². The van der Waals surface area contributed by atoms with E-state index >= 15 is 0 Å². The van der Waals surface area contributed by atoms with Gasteiger partial charge in [0.15, 0.2) is 0 Å². The molecule has 0 bridgehead atoms. The number of nitrogens with one attached hydrogen (secondary N) is 1. The first-order valence-corrected chi connectivity index (χ1v) is 8.66. The normalized spacial score (nSPS) is 18.8. The lowest BCUT2D eigenvalue weighted by Crippen LogP contribution is -2.50. The second-order valence-electron chi connectivity index (χ2n) is 6.95. The number of aromatic nitrogens is 1. The highest BCUT2D eigenvalue weighted by atomic mass is 16.1. The number of carbonyl (C=O) groups is 1. The number of hydrogen-bond donors (Lipinski definition) is 1. The molecule has 2 atom stereocenters. The molecule has 4 nitrogen and oxygen atoms in total. The number of likely N-dealkylation sites (N-methyl/N-ethyl adjacent to an activating group) is 1. The van der Waals surface area contributed by atoms with E-state index < -0.39 is 0 Å². The van der Waals surface area contributed by atoms with Crippen LogP contribution in [0.4, 0.5) is 0 Å². The Morgan fingerprint density at radius 1 is 1.04 bits per heavy atom. The third-order valence-electron chi connectivity index (χ3n) is 5.14. The number of rotatable bonds is 5. The van der Waals surface area contributed by atoms with Gasteiger partial charge in [-0.3, -0.25) is 9.78 Å². The quantitative estimate of drug-likeness (QED) is 0.858. The van der Waals surface area contributed by atoms with Crippen molar-refractivity contribution in [2.45, 2.75) is 31.8 Å². The molecule has 1 saturated heterocycles. The first-order valence-electron chi connectivity index (χ1n) is 8.66. The van der Waals surface area contributed by atoms with Crippen LogP contribution in [0.5, 0.6) is 0 Å². The molecule has 1 aliphatic rings. The number of carbonyl (C=O) groups excluding carboxylic acids is 1. The molecule has 2 heterocycles. The average Bonchev–Trinajstić information content (AvgIpc) is 3.03. The second kappa shape index (κ2) is 7.14. The number of benzene rings is 1. The monoisotopic (exact) mass is 324 g/mol. The fourth-order valence-electron chi connectivity index (χ4n) is 4.03. The lowest BCUT2D eigenvalue weighted by atomic mass is 9.91. The summed E-state index contributed by atoms with van der Waals surface area (Å²) in [5, 5.41) is 3.22. The van der Waals surface area contributed by atoms with E-state index in [-0.39, 0.29) is 18.0 Å². The minimum Gasteiger partial charge on any atom is -0.343 e. The SMILES string of the molecule is CC(=O)N[C@@H](c1ccccc1)C(c1ccncc1)[N+]1(C)CCCC1. The molecule has 0 aliphatic carbocycles. The Kier molecular flexibility index (Phi) is 4.95. The van der Waals surface area contributed by atoms with Crippen LogP contribution in [-0.4, -0.2) is 35.5 Å². The van der Waals surface area contributed by atoms with Gasteiger partial charge in [-0.25, -0.2) is 0 Å². The molecule has 0 radical (unpaired) electrons. The highest BCUT2D eigenvalue weighted by molar-refractivity contribution is 5.73. The summed E-state index contributed by atoms with van der Waals surface area (Å²) in [5.74, 6) is 0.00806. The summed E-state index contributed by atoms with van der Waals surface area (Å²) >= 11 is 0. The minimum absolute atomic E-state index is 0.00806. The number of likely N-dealkylation sites (tertiary alicyclic amines) is 1. The Morgan fingerprint density at radius 3 is 2.25 bits per heavy atom. The van der Waals surface area contributed by atoms with Crippen LogP contribution in [0.2, 0.25) is 0 Å². The number of nitrogens with zero attached hydrogens (tertiary/aromatic N) is 2. The molecule has 1 N–H and O–H groups in total. The number of pyridine rings is 1. The van der Waals surface area contributed by atoms with Crippen molar-refractivity contribution in [3.8, 4) is 0 Å². The Labute approximate surface area is 144 Å². The van der Waals surface area contributed by atoms with Gasteiger partial charge in [-0.2, -0.15) is 0 Å². The molecule has 3 rings (SSSR count). The molecule has 1 aromatic carbocycles. The van der Waals surface area contributed by atoms with E-state index in [1.807, 2.05) is 30.6 Å². The lowest BCUT2D eigenvalue weighted by molar-refractivity contribution is -0.930. The van der Waals surface area contributed by atoms with Crippen molar-refractivity contribution in [3.05, 3.63) is 66.0 Å². The van der Waals surface area contributed by atoms with Gasteiger partial charge in [-0.15, -0.1) is 0 Å². The van der Waals surface area contributed by atoms with Crippen molar-refractivity contribution in [1.29, 1.82) is 0 Å². The van der Waals surface area contributed by atoms with Crippen LogP contribution in [-0.2, 0) is 4.79 Å². The van der Waals surface area contributed by atoms with Gasteiger partial charge in [-0.05, 0) is 17.7 Å². The average molecular weight is 324 g/mol. The van der Waals surface area contributed by atoms with E-state index in [1.54, 1.807) is 6.92 Å². The maximum absolute atomic E-state index is 12.0. The predicted octanol–water partition coefficient (Wildman–Crippen LogP) is 3.24. The smallest absolute Gasteiger partial charge is 0.217 e. The third kappa shape index (κ3) is 3.49. The van der Waals surface area contributed by atoms with E-state index in [0.29, 0.717) is 0 Å². The summed E-state index contributed by atoms with van der Waals surface area (Å²) < 4.78 is 0.948. The zero-order chi connectivity index (χ0) is 17.0. The maximum Gasteiger partial charge on any atom is 0.217 e. The zero-order valence-corrected chi connectivity index (χ0v) is 14.5. The topological polar surface area (TPSA) is 42.0 Å². The van der Waals surface area contributed by atoms with Crippen molar-refractivity contribution in [2.24, 2.45) is 0 Å². The van der Waals surface area contributed by atoms with Gasteiger partial charge in [0.05, 0.1) is 20.1 Å². The zero-order valence-electron chi connectivity index (χ0n) is 14.5. The van der Waals surface area contributed by atoms with Gasteiger partial charge in [0.25, 0.3) is 0 Å².